The Morgan fingerprint density at radius 1 is 0.977 bits per heavy atom. The standard InChI is InChI=1S/C30H37F2N9O2/c1-3-23-33-21-6-4-5-7-22(21)41(23)29-35-27-26(28(36-29)38-14-16-43-17-15-38)34-24(37(27)2)18-40-13-12-39(19-25(40)42)20-8-10-30(31,32)11-9-20/h4-7,20H,3,8-19H2,1-2H3. The second-order valence-corrected chi connectivity index (χ2v) is 11.8. The van der Waals surface area contributed by atoms with E-state index >= 15 is 0 Å². The van der Waals surface area contributed by atoms with E-state index in [4.69, 9.17) is 24.7 Å². The number of morpholine rings is 1. The maximum absolute atomic E-state index is 13.7. The van der Waals surface area contributed by atoms with Crippen LogP contribution in [0.25, 0.3) is 28.1 Å². The van der Waals surface area contributed by atoms with Crippen molar-refractivity contribution in [2.24, 2.45) is 7.05 Å². The summed E-state index contributed by atoms with van der Waals surface area (Å²) in [6.07, 6.45) is 1.38. The van der Waals surface area contributed by atoms with Crippen LogP contribution in [0.3, 0.4) is 0 Å². The topological polar surface area (TPSA) is 97.4 Å². The van der Waals surface area contributed by atoms with Crippen LogP contribution in [-0.4, -0.2) is 103 Å². The van der Waals surface area contributed by atoms with Gasteiger partial charge in [0, 0.05) is 58.5 Å². The summed E-state index contributed by atoms with van der Waals surface area (Å²) in [5.41, 5.74) is 3.22. The third kappa shape index (κ3) is 5.22. The van der Waals surface area contributed by atoms with Crippen molar-refractivity contribution in [2.45, 2.75) is 57.5 Å². The number of benzene rings is 1. The van der Waals surface area contributed by atoms with Gasteiger partial charge in [0.15, 0.2) is 17.0 Å². The van der Waals surface area contributed by atoms with E-state index in [0.717, 1.165) is 34.9 Å². The summed E-state index contributed by atoms with van der Waals surface area (Å²) in [7, 11) is 1.93. The molecule has 3 aliphatic rings. The van der Waals surface area contributed by atoms with Crippen LogP contribution in [0, 0.1) is 0 Å². The number of ether oxygens (including phenoxy) is 1. The number of rotatable bonds is 6. The predicted molar refractivity (Wildman–Crippen MR) is 158 cm³/mol. The Morgan fingerprint density at radius 2 is 1.74 bits per heavy atom. The lowest BCUT2D eigenvalue weighted by molar-refractivity contribution is -0.139. The molecule has 2 saturated heterocycles. The van der Waals surface area contributed by atoms with Crippen LogP contribution in [0.1, 0.15) is 44.3 Å². The van der Waals surface area contributed by atoms with Crippen molar-refractivity contribution < 1.29 is 18.3 Å². The highest BCUT2D eigenvalue weighted by Crippen LogP contribution is 2.35. The molecule has 1 aliphatic carbocycles. The number of imidazole rings is 2. The molecule has 7 rings (SSSR count). The third-order valence-electron chi connectivity index (χ3n) is 9.12. The van der Waals surface area contributed by atoms with E-state index in [-0.39, 0.29) is 31.3 Å². The molecule has 13 heteroatoms. The lowest BCUT2D eigenvalue weighted by atomic mass is 9.91. The molecule has 1 amide bonds. The number of para-hydroxylation sites is 2. The van der Waals surface area contributed by atoms with Gasteiger partial charge in [-0.15, -0.1) is 0 Å². The molecule has 4 aromatic rings. The first kappa shape index (κ1) is 28.1. The van der Waals surface area contributed by atoms with Gasteiger partial charge in [0.25, 0.3) is 0 Å². The lowest BCUT2D eigenvalue weighted by Gasteiger charge is -2.41. The fourth-order valence-corrected chi connectivity index (χ4v) is 6.62. The third-order valence-corrected chi connectivity index (χ3v) is 9.12. The molecule has 1 aromatic carbocycles. The number of aryl methyl sites for hydroxylation is 2. The Hall–Kier alpha value is -3.71. The van der Waals surface area contributed by atoms with Gasteiger partial charge in [-0.25, -0.2) is 18.7 Å². The van der Waals surface area contributed by atoms with E-state index in [0.29, 0.717) is 75.9 Å². The minimum Gasteiger partial charge on any atom is -0.378 e. The first-order chi connectivity index (χ1) is 20.8. The van der Waals surface area contributed by atoms with Crippen molar-refractivity contribution >= 4 is 33.9 Å². The summed E-state index contributed by atoms with van der Waals surface area (Å²) < 4.78 is 37.0. The highest BCUT2D eigenvalue weighted by Gasteiger charge is 2.39. The van der Waals surface area contributed by atoms with Crippen molar-refractivity contribution in [3.05, 3.63) is 35.9 Å². The number of alkyl halides is 2. The molecule has 0 atom stereocenters. The molecule has 0 N–H and O–H groups in total. The molecule has 2 aliphatic heterocycles. The number of fused-ring (bicyclic) bond motifs is 2. The quantitative estimate of drug-likeness (QED) is 0.336. The minimum atomic E-state index is -2.57. The van der Waals surface area contributed by atoms with E-state index in [1.807, 2.05) is 45.3 Å². The average Bonchev–Trinajstić information content (AvgIpc) is 3.55. The van der Waals surface area contributed by atoms with E-state index < -0.39 is 5.92 Å². The molecule has 3 aromatic heterocycles. The normalized spacial score (nSPS) is 20.5. The summed E-state index contributed by atoms with van der Waals surface area (Å²) in [4.78, 5) is 39.3. The van der Waals surface area contributed by atoms with E-state index in [2.05, 4.69) is 16.7 Å². The highest BCUT2D eigenvalue weighted by molar-refractivity contribution is 5.86. The summed E-state index contributed by atoms with van der Waals surface area (Å²) in [5.74, 6) is 0.302. The second kappa shape index (κ2) is 11.1. The molecule has 5 heterocycles. The SMILES string of the molecule is CCc1nc2ccccc2n1-c1nc(N2CCOCC2)c2nc(CN3CCN(C4CCC(F)(F)CC4)CC3=O)n(C)c2n1. The van der Waals surface area contributed by atoms with Crippen LogP contribution < -0.4 is 4.90 Å². The molecule has 43 heavy (non-hydrogen) atoms. The van der Waals surface area contributed by atoms with Crippen molar-refractivity contribution in [2.75, 3.05) is 50.8 Å². The zero-order chi connectivity index (χ0) is 29.7. The predicted octanol–water partition coefficient (Wildman–Crippen LogP) is 3.32. The number of halogens is 2. The van der Waals surface area contributed by atoms with Crippen LogP contribution in [0.4, 0.5) is 14.6 Å². The van der Waals surface area contributed by atoms with Gasteiger partial charge >= 0.3 is 0 Å². The molecule has 0 bridgehead atoms. The Kier molecular flexibility index (Phi) is 7.24. The molecule has 0 spiro atoms. The summed E-state index contributed by atoms with van der Waals surface area (Å²) in [6, 6.07) is 8.03. The Labute approximate surface area is 248 Å². The Balaban J connectivity index is 1.21. The Bertz CT molecular complexity index is 1650. The smallest absolute Gasteiger partial charge is 0.248 e. The van der Waals surface area contributed by atoms with Gasteiger partial charge in [-0.05, 0) is 25.0 Å². The number of nitrogens with zero attached hydrogens (tertiary/aromatic N) is 9. The maximum atomic E-state index is 13.7. The van der Waals surface area contributed by atoms with Crippen molar-refractivity contribution in [3.8, 4) is 5.95 Å². The molecule has 11 nitrogen and oxygen atoms in total. The van der Waals surface area contributed by atoms with Crippen molar-refractivity contribution in [1.82, 2.24) is 38.9 Å². The van der Waals surface area contributed by atoms with Gasteiger partial charge in [0.05, 0.1) is 37.3 Å². The van der Waals surface area contributed by atoms with Crippen molar-refractivity contribution in [1.29, 1.82) is 0 Å². The number of amides is 1. The largest absolute Gasteiger partial charge is 0.378 e. The zero-order valence-corrected chi connectivity index (χ0v) is 24.7. The fraction of sp³-hybridized carbons (Fsp3) is 0.567. The highest BCUT2D eigenvalue weighted by atomic mass is 19.3. The summed E-state index contributed by atoms with van der Waals surface area (Å²) >= 11 is 0. The first-order valence-corrected chi connectivity index (χ1v) is 15.2. The van der Waals surface area contributed by atoms with Gasteiger partial charge in [0.2, 0.25) is 17.8 Å². The fourth-order valence-electron chi connectivity index (χ4n) is 6.62. The average molecular weight is 594 g/mol. The van der Waals surface area contributed by atoms with Gasteiger partial charge < -0.3 is 19.1 Å². The van der Waals surface area contributed by atoms with Crippen LogP contribution >= 0.6 is 0 Å². The monoisotopic (exact) mass is 593 g/mol. The molecular weight excluding hydrogens is 556 g/mol. The molecule has 1 saturated carbocycles. The maximum Gasteiger partial charge on any atom is 0.248 e. The van der Waals surface area contributed by atoms with Gasteiger partial charge in [-0.3, -0.25) is 14.3 Å². The van der Waals surface area contributed by atoms with E-state index in [1.54, 1.807) is 0 Å². The van der Waals surface area contributed by atoms with Crippen LogP contribution in [0.15, 0.2) is 24.3 Å². The van der Waals surface area contributed by atoms with Gasteiger partial charge in [-0.1, -0.05) is 19.1 Å². The number of hydrogen-bond donors (Lipinski definition) is 0. The molecule has 228 valence electrons. The number of carbonyl (C=O) groups excluding carboxylic acids is 1. The molecule has 0 radical (unpaired) electrons. The first-order valence-electron chi connectivity index (χ1n) is 15.2. The lowest BCUT2D eigenvalue weighted by Crippen LogP contribution is -2.54. The summed E-state index contributed by atoms with van der Waals surface area (Å²) in [6.45, 7) is 6.45. The minimum absolute atomic E-state index is 0.00621. The zero-order valence-electron chi connectivity index (χ0n) is 24.7. The number of piperazine rings is 1. The Morgan fingerprint density at radius 3 is 2.49 bits per heavy atom. The number of carbonyl (C=O) groups is 1. The van der Waals surface area contributed by atoms with Gasteiger partial charge in [0.1, 0.15) is 11.6 Å². The van der Waals surface area contributed by atoms with Gasteiger partial charge in [-0.2, -0.15) is 9.97 Å². The van der Waals surface area contributed by atoms with Crippen molar-refractivity contribution in [3.63, 3.8) is 0 Å². The van der Waals surface area contributed by atoms with Crippen LogP contribution in [0.5, 0.6) is 0 Å². The van der Waals surface area contributed by atoms with E-state index in [1.165, 1.54) is 0 Å². The number of aromatic nitrogens is 6. The summed E-state index contributed by atoms with van der Waals surface area (Å²) in [5, 5.41) is 0. The number of anilines is 1. The molecule has 0 unspecified atom stereocenters. The second-order valence-electron chi connectivity index (χ2n) is 11.8. The molecule has 3 fully saturated rings. The number of hydrogen-bond acceptors (Lipinski definition) is 8. The van der Waals surface area contributed by atoms with Crippen LogP contribution in [0.2, 0.25) is 0 Å². The van der Waals surface area contributed by atoms with Crippen LogP contribution in [-0.2, 0) is 29.5 Å². The van der Waals surface area contributed by atoms with E-state index in [9.17, 15) is 13.6 Å². The molecular formula is C30H37F2N9O2.